The van der Waals surface area contributed by atoms with Gasteiger partial charge in [-0.05, 0) is 18.9 Å². The number of benzene rings is 1. The first-order chi connectivity index (χ1) is 15.5. The van der Waals surface area contributed by atoms with Crippen molar-refractivity contribution in [1.82, 2.24) is 10.3 Å². The molecule has 0 saturated carbocycles. The molecular weight excluding hydrogens is 410 g/mol. The molecule has 1 unspecified atom stereocenters. The Bertz CT molecular complexity index is 1170. The van der Waals surface area contributed by atoms with E-state index in [0.717, 1.165) is 31.6 Å². The second-order valence-corrected chi connectivity index (χ2v) is 7.36. The molecule has 1 saturated heterocycles. The summed E-state index contributed by atoms with van der Waals surface area (Å²) in [5.41, 5.74) is 14.5. The van der Waals surface area contributed by atoms with E-state index >= 15 is 0 Å². The van der Waals surface area contributed by atoms with Crippen LogP contribution in [0.3, 0.4) is 0 Å². The number of aromatic nitrogens is 1. The Balaban J connectivity index is 1.94. The number of methoxy groups -OCH3 is 2. The van der Waals surface area contributed by atoms with Crippen LogP contribution < -0.4 is 36.5 Å². The average Bonchev–Trinajstić information content (AvgIpc) is 3.32. The maximum Gasteiger partial charge on any atom is 0.211 e. The van der Waals surface area contributed by atoms with Crippen molar-refractivity contribution in [1.29, 1.82) is 10.5 Å². The number of nitrogens with zero attached hydrogens (tertiary/aromatic N) is 5. The van der Waals surface area contributed by atoms with Crippen LogP contribution in [0.5, 0.6) is 11.5 Å². The number of hydrogen-bond acceptors (Lipinski definition) is 11. The SMILES string of the molecule is COc1cc(N2CCCC2)c(OC)cc1C1N=C(NC#N)Nc2nc(N)c(C#N)c(N)c21. The number of ether oxygens (including phenoxy) is 2. The Labute approximate surface area is 185 Å². The highest BCUT2D eigenvalue weighted by Gasteiger charge is 2.32. The minimum atomic E-state index is -0.723. The zero-order valence-corrected chi connectivity index (χ0v) is 17.8. The highest BCUT2D eigenvalue weighted by molar-refractivity contribution is 5.98. The first-order valence-electron chi connectivity index (χ1n) is 10.0. The van der Waals surface area contributed by atoms with Crippen LogP contribution in [0.1, 0.15) is 35.6 Å². The first-order valence-corrected chi connectivity index (χ1v) is 10.0. The van der Waals surface area contributed by atoms with Crippen LogP contribution in [0, 0.1) is 22.8 Å². The third kappa shape index (κ3) is 3.40. The normalized spacial score (nSPS) is 16.8. The van der Waals surface area contributed by atoms with Crippen molar-refractivity contribution < 1.29 is 9.47 Å². The quantitative estimate of drug-likeness (QED) is 0.411. The van der Waals surface area contributed by atoms with E-state index in [1.807, 2.05) is 24.4 Å². The van der Waals surface area contributed by atoms with Crippen molar-refractivity contribution in [3.63, 3.8) is 0 Å². The van der Waals surface area contributed by atoms with Crippen LogP contribution in [-0.2, 0) is 0 Å². The van der Waals surface area contributed by atoms with E-state index in [9.17, 15) is 5.26 Å². The van der Waals surface area contributed by atoms with Gasteiger partial charge in [0.05, 0.1) is 25.6 Å². The number of nitrogen functional groups attached to an aromatic ring is 2. The molecular formula is C21H23N9O2. The van der Waals surface area contributed by atoms with E-state index in [-0.39, 0.29) is 23.0 Å². The summed E-state index contributed by atoms with van der Waals surface area (Å²) in [7, 11) is 3.18. The van der Waals surface area contributed by atoms with Crippen LogP contribution >= 0.6 is 0 Å². The highest BCUT2D eigenvalue weighted by Crippen LogP contribution is 2.46. The van der Waals surface area contributed by atoms with Gasteiger partial charge in [-0.1, -0.05) is 0 Å². The van der Waals surface area contributed by atoms with E-state index in [0.29, 0.717) is 28.4 Å². The molecule has 4 rings (SSSR count). The van der Waals surface area contributed by atoms with E-state index in [1.54, 1.807) is 14.2 Å². The van der Waals surface area contributed by atoms with Crippen molar-refractivity contribution in [3.05, 3.63) is 28.8 Å². The monoisotopic (exact) mass is 433 g/mol. The van der Waals surface area contributed by atoms with Gasteiger partial charge in [0.25, 0.3) is 0 Å². The molecule has 0 amide bonds. The topological polar surface area (TPSA) is 171 Å². The molecule has 2 aliphatic heterocycles. The second kappa shape index (κ2) is 8.40. The average molecular weight is 433 g/mol. The number of nitriles is 2. The molecule has 164 valence electrons. The summed E-state index contributed by atoms with van der Waals surface area (Å²) in [5, 5.41) is 24.0. The lowest BCUT2D eigenvalue weighted by Gasteiger charge is -2.28. The Kier molecular flexibility index (Phi) is 5.48. The number of nitrogens with two attached hydrogens (primary N) is 2. The number of fused-ring (bicyclic) bond motifs is 1. The molecule has 32 heavy (non-hydrogen) atoms. The highest BCUT2D eigenvalue weighted by atomic mass is 16.5. The number of guanidine groups is 1. The molecule has 2 aliphatic rings. The van der Waals surface area contributed by atoms with Gasteiger partial charge >= 0.3 is 0 Å². The van der Waals surface area contributed by atoms with Crippen LogP contribution in [0.2, 0.25) is 0 Å². The molecule has 1 atom stereocenters. The molecule has 2 aromatic rings. The smallest absolute Gasteiger partial charge is 0.211 e. The summed E-state index contributed by atoms with van der Waals surface area (Å²) in [4.78, 5) is 11.1. The molecule has 3 heterocycles. The molecule has 1 fully saturated rings. The van der Waals surface area contributed by atoms with Crippen LogP contribution in [0.25, 0.3) is 0 Å². The molecule has 0 bridgehead atoms. The van der Waals surface area contributed by atoms with Crippen LogP contribution in [0.4, 0.5) is 23.0 Å². The lowest BCUT2D eigenvalue weighted by Crippen LogP contribution is -2.33. The summed E-state index contributed by atoms with van der Waals surface area (Å²) in [6.45, 7) is 1.87. The molecule has 11 nitrogen and oxygen atoms in total. The molecule has 0 aliphatic carbocycles. The Morgan fingerprint density at radius 1 is 1.16 bits per heavy atom. The lowest BCUT2D eigenvalue weighted by atomic mass is 9.93. The van der Waals surface area contributed by atoms with Crippen molar-refractivity contribution in [2.24, 2.45) is 4.99 Å². The molecule has 1 aromatic heterocycles. The number of pyridine rings is 1. The number of rotatable bonds is 4. The lowest BCUT2D eigenvalue weighted by molar-refractivity contribution is 0.397. The first kappa shape index (κ1) is 20.9. The summed E-state index contributed by atoms with van der Waals surface area (Å²) < 4.78 is 11.4. The second-order valence-electron chi connectivity index (χ2n) is 7.36. The maximum absolute atomic E-state index is 9.52. The van der Waals surface area contributed by atoms with Gasteiger partial charge in [-0.15, -0.1) is 0 Å². The standard InChI is InChI=1S/C21H23N9O2/c1-31-14-8-13(30-5-3-4-6-30)15(32-2)7-11(14)18-16-17(24)12(9-22)19(25)28-20(16)29-21(27-18)26-10-23/h7-8,18H,3-6H2,1-2H3,(H6,24,25,26,27,28,29). The van der Waals surface area contributed by atoms with Crippen LogP contribution in [-0.4, -0.2) is 38.3 Å². The predicted octanol–water partition coefficient (Wildman–Crippen LogP) is 1.68. The van der Waals surface area contributed by atoms with Gasteiger partial charge in [-0.2, -0.15) is 10.5 Å². The van der Waals surface area contributed by atoms with Crippen LogP contribution in [0.15, 0.2) is 17.1 Å². The minimum absolute atomic E-state index is 0.0119. The van der Waals surface area contributed by atoms with E-state index < -0.39 is 6.04 Å². The molecule has 0 radical (unpaired) electrons. The van der Waals surface area contributed by atoms with Gasteiger partial charge in [0.2, 0.25) is 5.96 Å². The van der Waals surface area contributed by atoms with Gasteiger partial charge in [0.15, 0.2) is 6.19 Å². The van der Waals surface area contributed by atoms with Gasteiger partial charge in [-0.25, -0.2) is 9.98 Å². The molecule has 6 N–H and O–H groups in total. The fourth-order valence-electron chi connectivity index (χ4n) is 4.13. The summed E-state index contributed by atoms with van der Waals surface area (Å²) >= 11 is 0. The fraction of sp³-hybridized carbons (Fsp3) is 0.333. The third-order valence-corrected chi connectivity index (χ3v) is 5.63. The van der Waals surface area contributed by atoms with Gasteiger partial charge < -0.3 is 31.2 Å². The number of anilines is 4. The molecule has 1 aromatic carbocycles. The zero-order valence-electron chi connectivity index (χ0n) is 17.8. The Hall–Kier alpha value is -4.38. The van der Waals surface area contributed by atoms with E-state index in [1.165, 1.54) is 0 Å². The zero-order chi connectivity index (χ0) is 22.8. The van der Waals surface area contributed by atoms with E-state index in [2.05, 4.69) is 25.5 Å². The Morgan fingerprint density at radius 2 is 1.88 bits per heavy atom. The van der Waals surface area contributed by atoms with Crippen molar-refractivity contribution in [2.75, 3.05) is 49.0 Å². The largest absolute Gasteiger partial charge is 0.496 e. The molecule has 11 heteroatoms. The van der Waals surface area contributed by atoms with Crippen molar-refractivity contribution >= 4 is 29.0 Å². The summed E-state index contributed by atoms with van der Waals surface area (Å²) in [5.74, 6) is 1.70. The third-order valence-electron chi connectivity index (χ3n) is 5.63. The van der Waals surface area contributed by atoms with Gasteiger partial charge in [-0.3, -0.25) is 5.32 Å². The summed E-state index contributed by atoms with van der Waals surface area (Å²) in [6, 6.07) is 5.04. The summed E-state index contributed by atoms with van der Waals surface area (Å²) in [6.07, 6.45) is 4.07. The Morgan fingerprint density at radius 3 is 2.50 bits per heavy atom. The fourth-order valence-corrected chi connectivity index (χ4v) is 4.13. The van der Waals surface area contributed by atoms with Crippen molar-refractivity contribution in [3.8, 4) is 23.8 Å². The number of hydrogen-bond donors (Lipinski definition) is 4. The van der Waals surface area contributed by atoms with Gasteiger partial charge in [0.1, 0.15) is 40.8 Å². The molecule has 0 spiro atoms. The van der Waals surface area contributed by atoms with Crippen molar-refractivity contribution in [2.45, 2.75) is 18.9 Å². The minimum Gasteiger partial charge on any atom is -0.496 e. The maximum atomic E-state index is 9.52. The van der Waals surface area contributed by atoms with Gasteiger partial charge in [0, 0.05) is 30.3 Å². The van der Waals surface area contributed by atoms with E-state index in [4.69, 9.17) is 26.2 Å². The predicted molar refractivity (Wildman–Crippen MR) is 120 cm³/mol. The number of aliphatic imine (C=N–C) groups is 1. The number of nitrogens with one attached hydrogen (secondary N) is 2.